The van der Waals surface area contributed by atoms with Crippen LogP contribution in [0.5, 0.6) is 5.75 Å². The van der Waals surface area contributed by atoms with Gasteiger partial charge in [-0.25, -0.2) is 9.48 Å². The van der Waals surface area contributed by atoms with Crippen molar-refractivity contribution >= 4 is 29.3 Å². The van der Waals surface area contributed by atoms with E-state index in [9.17, 15) is 9.59 Å². The molecule has 150 valence electrons. The van der Waals surface area contributed by atoms with E-state index in [0.717, 1.165) is 16.9 Å². The van der Waals surface area contributed by atoms with Crippen molar-refractivity contribution in [2.45, 2.75) is 13.8 Å². The van der Waals surface area contributed by atoms with Crippen molar-refractivity contribution in [2.24, 2.45) is 0 Å². The summed E-state index contributed by atoms with van der Waals surface area (Å²) in [6.45, 7) is 2.90. The highest BCUT2D eigenvalue weighted by Crippen LogP contribution is 2.21. The third-order valence-corrected chi connectivity index (χ3v) is 4.18. The smallest absolute Gasteiger partial charge is 0.344 e. The number of nitrogens with zero attached hydrogens (tertiary/aromatic N) is 2. The number of amides is 1. The molecule has 0 aliphatic carbocycles. The van der Waals surface area contributed by atoms with Crippen LogP contribution in [0.1, 0.15) is 11.3 Å². The van der Waals surface area contributed by atoms with Gasteiger partial charge in [0.1, 0.15) is 11.6 Å². The number of para-hydroxylation sites is 1. The number of aromatic nitrogens is 2. The molecule has 0 aliphatic rings. The summed E-state index contributed by atoms with van der Waals surface area (Å²) in [5.74, 6) is -0.110. The van der Waals surface area contributed by atoms with Crippen molar-refractivity contribution in [1.29, 1.82) is 0 Å². The van der Waals surface area contributed by atoms with E-state index in [1.165, 1.54) is 0 Å². The Hall–Kier alpha value is -3.32. The Labute approximate surface area is 173 Å². The predicted octanol–water partition coefficient (Wildman–Crippen LogP) is 3.70. The molecule has 1 aromatic heterocycles. The second-order valence-corrected chi connectivity index (χ2v) is 6.76. The van der Waals surface area contributed by atoms with Crippen LogP contribution < -0.4 is 10.1 Å². The van der Waals surface area contributed by atoms with Crippen molar-refractivity contribution in [3.63, 3.8) is 0 Å². The average Bonchev–Trinajstić information content (AvgIpc) is 3.06. The molecule has 1 N–H and O–H groups in total. The molecule has 0 spiro atoms. The maximum atomic E-state index is 12.2. The Kier molecular flexibility index (Phi) is 6.51. The lowest BCUT2D eigenvalue weighted by Gasteiger charge is -2.10. The van der Waals surface area contributed by atoms with Crippen molar-refractivity contribution in [2.75, 3.05) is 18.5 Å². The van der Waals surface area contributed by atoms with Gasteiger partial charge in [0, 0.05) is 11.1 Å². The Bertz CT molecular complexity index is 1020. The van der Waals surface area contributed by atoms with E-state index in [1.807, 2.05) is 44.2 Å². The van der Waals surface area contributed by atoms with E-state index in [2.05, 4.69) is 10.4 Å². The van der Waals surface area contributed by atoms with Crippen LogP contribution in [0.2, 0.25) is 5.02 Å². The molecule has 3 rings (SSSR count). The first-order valence-electron chi connectivity index (χ1n) is 8.89. The third kappa shape index (κ3) is 5.58. The van der Waals surface area contributed by atoms with Crippen LogP contribution in [-0.4, -0.2) is 34.9 Å². The molecule has 0 fully saturated rings. The van der Waals surface area contributed by atoms with Crippen molar-refractivity contribution < 1.29 is 19.1 Å². The van der Waals surface area contributed by atoms with Crippen LogP contribution in [0.3, 0.4) is 0 Å². The number of carbonyl (C=O) groups is 2. The van der Waals surface area contributed by atoms with Gasteiger partial charge in [0.15, 0.2) is 13.2 Å². The zero-order valence-electron chi connectivity index (χ0n) is 16.0. The molecule has 0 radical (unpaired) electrons. The Morgan fingerprint density at radius 2 is 1.83 bits per heavy atom. The van der Waals surface area contributed by atoms with Gasteiger partial charge in [0.2, 0.25) is 0 Å². The van der Waals surface area contributed by atoms with Gasteiger partial charge in [0.05, 0.1) is 11.4 Å². The number of nitrogens with one attached hydrogen (secondary N) is 1. The minimum atomic E-state index is -0.651. The predicted molar refractivity (Wildman–Crippen MR) is 110 cm³/mol. The number of benzene rings is 2. The van der Waals surface area contributed by atoms with E-state index in [4.69, 9.17) is 21.1 Å². The number of halogens is 1. The molecule has 0 unspecified atom stereocenters. The fraction of sp³-hybridized carbons (Fsp3) is 0.190. The second-order valence-electron chi connectivity index (χ2n) is 6.33. The number of aryl methyl sites for hydroxylation is 2. The summed E-state index contributed by atoms with van der Waals surface area (Å²) in [7, 11) is 0. The molecule has 3 aromatic rings. The van der Waals surface area contributed by atoms with Crippen LogP contribution in [-0.2, 0) is 14.3 Å². The van der Waals surface area contributed by atoms with Crippen molar-refractivity contribution in [1.82, 2.24) is 9.78 Å². The minimum absolute atomic E-state index is 0.309. The van der Waals surface area contributed by atoms with Gasteiger partial charge in [-0.15, -0.1) is 0 Å². The summed E-state index contributed by atoms with van der Waals surface area (Å²) in [6, 6.07) is 16.2. The molecule has 0 saturated heterocycles. The molecule has 1 heterocycles. The lowest BCUT2D eigenvalue weighted by Crippen LogP contribution is -2.24. The number of hydrogen-bond acceptors (Lipinski definition) is 5. The maximum Gasteiger partial charge on any atom is 0.344 e. The summed E-state index contributed by atoms with van der Waals surface area (Å²) in [4.78, 5) is 24.1. The highest BCUT2D eigenvalue weighted by molar-refractivity contribution is 6.30. The second kappa shape index (κ2) is 9.25. The van der Waals surface area contributed by atoms with E-state index in [-0.39, 0.29) is 6.61 Å². The van der Waals surface area contributed by atoms with Gasteiger partial charge in [0.25, 0.3) is 5.91 Å². The fourth-order valence-electron chi connectivity index (χ4n) is 2.63. The molecule has 0 bridgehead atoms. The Balaban J connectivity index is 1.52. The number of esters is 1. The van der Waals surface area contributed by atoms with Gasteiger partial charge >= 0.3 is 5.97 Å². The average molecular weight is 414 g/mol. The van der Waals surface area contributed by atoms with Crippen molar-refractivity contribution in [3.05, 3.63) is 70.9 Å². The van der Waals surface area contributed by atoms with Crippen LogP contribution in [0.15, 0.2) is 54.6 Å². The molecule has 8 heteroatoms. The Morgan fingerprint density at radius 3 is 2.55 bits per heavy atom. The topological polar surface area (TPSA) is 82.5 Å². The van der Waals surface area contributed by atoms with E-state index in [1.54, 1.807) is 28.9 Å². The van der Waals surface area contributed by atoms with E-state index < -0.39 is 18.5 Å². The number of rotatable bonds is 7. The third-order valence-electron chi connectivity index (χ3n) is 3.95. The largest absolute Gasteiger partial charge is 0.482 e. The lowest BCUT2D eigenvalue weighted by molar-refractivity contribution is -0.149. The molecule has 0 aliphatic heterocycles. The van der Waals surface area contributed by atoms with Crippen molar-refractivity contribution in [3.8, 4) is 11.4 Å². The van der Waals surface area contributed by atoms with Crippen LogP contribution in [0.4, 0.5) is 5.82 Å². The Morgan fingerprint density at radius 1 is 1.07 bits per heavy atom. The first-order chi connectivity index (χ1) is 13.9. The summed E-state index contributed by atoms with van der Waals surface area (Å²) in [5, 5.41) is 7.66. The van der Waals surface area contributed by atoms with Gasteiger partial charge < -0.3 is 14.8 Å². The normalized spacial score (nSPS) is 10.4. The number of hydrogen-bond donors (Lipinski definition) is 1. The standard InChI is InChI=1S/C21H20ClN3O4/c1-14-10-16(22)8-9-18(14)28-13-21(27)29-12-20(26)23-19-11-15(2)24-25(19)17-6-4-3-5-7-17/h3-11H,12-13H2,1-2H3,(H,23,26). The highest BCUT2D eigenvalue weighted by Gasteiger charge is 2.13. The summed E-state index contributed by atoms with van der Waals surface area (Å²) in [5.41, 5.74) is 2.35. The van der Waals surface area contributed by atoms with Gasteiger partial charge in [-0.2, -0.15) is 5.10 Å². The molecule has 29 heavy (non-hydrogen) atoms. The molecule has 2 aromatic carbocycles. The minimum Gasteiger partial charge on any atom is -0.482 e. The maximum absolute atomic E-state index is 12.2. The first-order valence-corrected chi connectivity index (χ1v) is 9.26. The molecular formula is C21H20ClN3O4. The molecular weight excluding hydrogens is 394 g/mol. The first kappa shape index (κ1) is 20.4. The molecule has 1 amide bonds. The molecule has 7 nitrogen and oxygen atoms in total. The van der Waals surface area contributed by atoms with Gasteiger partial charge in [-0.1, -0.05) is 29.8 Å². The van der Waals surface area contributed by atoms with Crippen LogP contribution in [0, 0.1) is 13.8 Å². The summed E-state index contributed by atoms with van der Waals surface area (Å²) < 4.78 is 12.0. The molecule has 0 saturated carbocycles. The molecule has 0 atom stereocenters. The SMILES string of the molecule is Cc1cc(NC(=O)COC(=O)COc2ccc(Cl)cc2C)n(-c2ccccc2)n1. The fourth-order valence-corrected chi connectivity index (χ4v) is 2.86. The van der Waals surface area contributed by atoms with Gasteiger partial charge in [-0.3, -0.25) is 4.79 Å². The lowest BCUT2D eigenvalue weighted by atomic mass is 10.2. The van der Waals surface area contributed by atoms with Gasteiger partial charge in [-0.05, 0) is 49.7 Å². The van der Waals surface area contributed by atoms with E-state index >= 15 is 0 Å². The van der Waals surface area contributed by atoms with Crippen LogP contribution in [0.25, 0.3) is 5.69 Å². The van der Waals surface area contributed by atoms with Crippen LogP contribution >= 0.6 is 11.6 Å². The number of anilines is 1. The summed E-state index contributed by atoms with van der Waals surface area (Å²) >= 11 is 5.88. The monoisotopic (exact) mass is 413 g/mol. The zero-order chi connectivity index (χ0) is 20.8. The van der Waals surface area contributed by atoms with E-state index in [0.29, 0.717) is 16.6 Å². The highest BCUT2D eigenvalue weighted by atomic mass is 35.5. The number of ether oxygens (including phenoxy) is 2. The summed E-state index contributed by atoms with van der Waals surface area (Å²) in [6.07, 6.45) is 0. The number of carbonyl (C=O) groups excluding carboxylic acids is 2. The quantitative estimate of drug-likeness (QED) is 0.597. The zero-order valence-corrected chi connectivity index (χ0v) is 16.8.